The fraction of sp³-hybridized carbons (Fsp3) is 0.571. The Labute approximate surface area is 54.7 Å². The fourth-order valence-electron chi connectivity index (χ4n) is 0.982. The first-order chi connectivity index (χ1) is 4.38. The Morgan fingerprint density at radius 1 is 1.78 bits per heavy atom. The van der Waals surface area contributed by atoms with Crippen molar-refractivity contribution in [2.75, 3.05) is 6.61 Å². The van der Waals surface area contributed by atoms with Crippen molar-refractivity contribution >= 4 is 0 Å². The van der Waals surface area contributed by atoms with Gasteiger partial charge in [-0.15, -0.1) is 6.58 Å². The monoisotopic (exact) mass is 123 g/mol. The summed E-state index contributed by atoms with van der Waals surface area (Å²) in [6.07, 6.45) is 2.53. The molecular weight excluding hydrogens is 114 g/mol. The van der Waals surface area contributed by atoms with Crippen LogP contribution in [0.4, 0.5) is 0 Å². The van der Waals surface area contributed by atoms with Crippen LogP contribution in [-0.4, -0.2) is 12.7 Å². The van der Waals surface area contributed by atoms with Crippen molar-refractivity contribution in [2.45, 2.75) is 12.5 Å². The molecule has 0 radical (unpaired) electrons. The molecule has 0 bridgehead atoms. The van der Waals surface area contributed by atoms with Crippen LogP contribution >= 0.6 is 0 Å². The Morgan fingerprint density at radius 2 is 2.56 bits per heavy atom. The van der Waals surface area contributed by atoms with Gasteiger partial charge in [0, 0.05) is 6.61 Å². The predicted octanol–water partition coefficient (Wildman–Crippen LogP) is 1.10. The summed E-state index contributed by atoms with van der Waals surface area (Å²) in [5.41, 5.74) is 0. The Kier molecular flexibility index (Phi) is 1.86. The largest absolute Gasteiger partial charge is 0.373 e. The molecule has 1 rings (SSSR count). The number of nitriles is 1. The quantitative estimate of drug-likeness (QED) is 0.489. The molecule has 0 aliphatic carbocycles. The molecule has 0 saturated carbocycles. The predicted molar refractivity (Wildman–Crippen MR) is 33.7 cm³/mol. The lowest BCUT2D eigenvalue weighted by molar-refractivity contribution is 0.137. The van der Waals surface area contributed by atoms with Crippen molar-refractivity contribution < 1.29 is 4.74 Å². The number of nitrogens with zero attached hydrogens (tertiary/aromatic N) is 1. The Bertz CT molecular complexity index is 147. The van der Waals surface area contributed by atoms with Crippen molar-refractivity contribution in [3.8, 4) is 6.07 Å². The molecule has 0 aromatic carbocycles. The van der Waals surface area contributed by atoms with Crippen molar-refractivity contribution in [3.05, 3.63) is 12.7 Å². The van der Waals surface area contributed by atoms with Gasteiger partial charge in [-0.1, -0.05) is 6.08 Å². The molecule has 0 amide bonds. The van der Waals surface area contributed by atoms with Crippen LogP contribution in [0.1, 0.15) is 6.42 Å². The summed E-state index contributed by atoms with van der Waals surface area (Å²) in [6, 6.07) is 2.17. The molecule has 2 nitrogen and oxygen atoms in total. The van der Waals surface area contributed by atoms with Gasteiger partial charge in [0.1, 0.15) is 0 Å². The zero-order chi connectivity index (χ0) is 6.69. The summed E-state index contributed by atoms with van der Waals surface area (Å²) in [7, 11) is 0. The van der Waals surface area contributed by atoms with Gasteiger partial charge in [0.05, 0.1) is 18.1 Å². The number of hydrogen-bond donors (Lipinski definition) is 0. The minimum Gasteiger partial charge on any atom is -0.373 e. The third-order valence-corrected chi connectivity index (χ3v) is 1.53. The second-order valence-corrected chi connectivity index (χ2v) is 2.10. The van der Waals surface area contributed by atoms with Crippen LogP contribution in [0.5, 0.6) is 0 Å². The topological polar surface area (TPSA) is 33.0 Å². The Balaban J connectivity index is 2.53. The van der Waals surface area contributed by atoms with E-state index in [9.17, 15) is 0 Å². The average Bonchev–Trinajstić information content (AvgIpc) is 2.33. The van der Waals surface area contributed by atoms with Gasteiger partial charge in [-0.25, -0.2) is 0 Å². The molecule has 1 fully saturated rings. The molecule has 0 aromatic heterocycles. The van der Waals surface area contributed by atoms with Gasteiger partial charge < -0.3 is 4.74 Å². The first-order valence-electron chi connectivity index (χ1n) is 3.02. The summed E-state index contributed by atoms with van der Waals surface area (Å²) < 4.78 is 5.17. The maximum Gasteiger partial charge on any atom is 0.0912 e. The van der Waals surface area contributed by atoms with Crippen LogP contribution in [0.2, 0.25) is 0 Å². The third-order valence-electron chi connectivity index (χ3n) is 1.53. The third kappa shape index (κ3) is 1.11. The normalized spacial score (nSPS) is 33.7. The van der Waals surface area contributed by atoms with Gasteiger partial charge in [0.25, 0.3) is 0 Å². The lowest BCUT2D eigenvalue weighted by Crippen LogP contribution is -2.09. The highest BCUT2D eigenvalue weighted by Gasteiger charge is 2.24. The van der Waals surface area contributed by atoms with Gasteiger partial charge >= 0.3 is 0 Å². The molecule has 1 saturated heterocycles. The Morgan fingerprint density at radius 3 is 3.00 bits per heavy atom. The molecular formula is C7H9NO. The maximum atomic E-state index is 8.49. The molecule has 48 valence electrons. The highest BCUT2D eigenvalue weighted by Crippen LogP contribution is 2.19. The number of rotatable bonds is 1. The summed E-state index contributed by atoms with van der Waals surface area (Å²) in [4.78, 5) is 0. The lowest BCUT2D eigenvalue weighted by atomic mass is 10.0. The molecule has 1 aliphatic rings. The standard InChI is InChI=1S/C7H9NO/c1-2-7-6(5-8)3-4-9-7/h2,6-7H,1,3-4H2/t6-,7-/m0/s1. The summed E-state index contributed by atoms with van der Waals surface area (Å²) in [5, 5.41) is 8.49. The highest BCUT2D eigenvalue weighted by atomic mass is 16.5. The zero-order valence-electron chi connectivity index (χ0n) is 5.21. The van der Waals surface area contributed by atoms with Crippen molar-refractivity contribution in [1.82, 2.24) is 0 Å². The fourth-order valence-corrected chi connectivity index (χ4v) is 0.982. The molecule has 0 N–H and O–H groups in total. The number of ether oxygens (including phenoxy) is 1. The van der Waals surface area contributed by atoms with E-state index in [4.69, 9.17) is 10.00 Å². The van der Waals surface area contributed by atoms with E-state index in [0.717, 1.165) is 6.42 Å². The minimum absolute atomic E-state index is 0.0185. The molecule has 9 heavy (non-hydrogen) atoms. The zero-order valence-corrected chi connectivity index (χ0v) is 5.21. The molecule has 2 heteroatoms. The van der Waals surface area contributed by atoms with Crippen LogP contribution in [0.3, 0.4) is 0 Å². The van der Waals surface area contributed by atoms with E-state index in [2.05, 4.69) is 12.6 Å². The van der Waals surface area contributed by atoms with Crippen LogP contribution in [0.25, 0.3) is 0 Å². The second kappa shape index (κ2) is 2.65. The molecule has 1 aliphatic heterocycles. The number of hydrogen-bond acceptors (Lipinski definition) is 2. The minimum atomic E-state index is -0.0185. The first kappa shape index (κ1) is 6.31. The van der Waals surface area contributed by atoms with E-state index in [1.165, 1.54) is 0 Å². The molecule has 2 atom stereocenters. The smallest absolute Gasteiger partial charge is 0.0912 e. The van der Waals surface area contributed by atoms with Crippen LogP contribution in [-0.2, 0) is 4.74 Å². The van der Waals surface area contributed by atoms with E-state index >= 15 is 0 Å². The van der Waals surface area contributed by atoms with Crippen molar-refractivity contribution in [3.63, 3.8) is 0 Å². The Hall–Kier alpha value is -0.810. The SMILES string of the molecule is C=C[C@@H]1OCC[C@H]1C#N. The van der Waals surface area contributed by atoms with E-state index < -0.39 is 0 Å². The summed E-state index contributed by atoms with van der Waals surface area (Å²) in [5.74, 6) is 0.0440. The molecule has 1 heterocycles. The molecule has 0 unspecified atom stereocenters. The van der Waals surface area contributed by atoms with Gasteiger partial charge in [-0.2, -0.15) is 5.26 Å². The second-order valence-electron chi connectivity index (χ2n) is 2.10. The van der Waals surface area contributed by atoms with Crippen molar-refractivity contribution in [2.24, 2.45) is 5.92 Å². The van der Waals surface area contributed by atoms with E-state index in [0.29, 0.717) is 6.61 Å². The van der Waals surface area contributed by atoms with Gasteiger partial charge in [-0.05, 0) is 6.42 Å². The maximum absolute atomic E-state index is 8.49. The van der Waals surface area contributed by atoms with Gasteiger partial charge in [0.15, 0.2) is 0 Å². The van der Waals surface area contributed by atoms with Gasteiger partial charge in [-0.3, -0.25) is 0 Å². The van der Waals surface area contributed by atoms with Crippen LogP contribution in [0, 0.1) is 17.2 Å². The lowest BCUT2D eigenvalue weighted by Gasteiger charge is -2.03. The summed E-state index contributed by atoms with van der Waals surface area (Å²) >= 11 is 0. The van der Waals surface area contributed by atoms with E-state index in [-0.39, 0.29) is 12.0 Å². The molecule has 0 aromatic rings. The van der Waals surface area contributed by atoms with Crippen molar-refractivity contribution in [1.29, 1.82) is 5.26 Å². The summed E-state index contributed by atoms with van der Waals surface area (Å²) in [6.45, 7) is 4.27. The van der Waals surface area contributed by atoms with E-state index in [1.807, 2.05) is 0 Å². The van der Waals surface area contributed by atoms with Crippen LogP contribution in [0.15, 0.2) is 12.7 Å². The van der Waals surface area contributed by atoms with Crippen LogP contribution < -0.4 is 0 Å². The van der Waals surface area contributed by atoms with E-state index in [1.54, 1.807) is 6.08 Å². The first-order valence-corrected chi connectivity index (χ1v) is 3.02. The average molecular weight is 123 g/mol. The highest BCUT2D eigenvalue weighted by molar-refractivity contribution is 4.99. The van der Waals surface area contributed by atoms with Gasteiger partial charge in [0.2, 0.25) is 0 Å². The molecule has 0 spiro atoms.